The molecule has 22 unspecified atom stereocenters. The number of aliphatic hydroxyl groups excluding tert-OH is 1. The number of carbonyl (C=O) groups excluding carboxylic acids is 1. The van der Waals surface area contributed by atoms with Gasteiger partial charge in [0.1, 0.15) is 6.10 Å². The van der Waals surface area contributed by atoms with E-state index in [0.717, 1.165) is 120 Å². The Labute approximate surface area is 396 Å². The number of rotatable bonds is 17. The van der Waals surface area contributed by atoms with Gasteiger partial charge >= 0.3 is 5.97 Å². The number of fused-ring (bicyclic) bond motifs is 12. The highest BCUT2D eigenvalue weighted by Crippen LogP contribution is 2.68. The van der Waals surface area contributed by atoms with Gasteiger partial charge in [0.2, 0.25) is 0 Å². The SMILES string of the molecule is CCCC1C(C)C2CC1C1C2CC2OC21.CCCC1C(C)C2CC1C1C=CCC12.CCCCC(C)CC(C)C1CC=CCC1.CCCCC(C)CC(C)C1CCC(O)C(OC(C)=O)C1. The standard InChI is InChI=1S/C17H32O3.C15H28.C14H22O.C14H22/c1-5-6-7-12(2)10-13(3)15-8-9-16(19)17(11-15)20-14(4)18;1-4-5-9-13(2)12-14(3)15-10-7-6-8-11-15;1-3-4-8-7(2)9-5-10(8)13-11(9)6-12-14(13)15-12;1-3-5-10-9(2)13-8-14(10)12-7-4-6-11(12)13/h12-13,15-17,19H,5-11H2,1-4H3;6-7,13-15H,4-5,8-12H2,1-3H3;7-14H,3-6H2,1-2H3;4,7,9-14H,3,5-6,8H2,1-2H3. The quantitative estimate of drug-likeness (QED) is 0.0898. The van der Waals surface area contributed by atoms with Crippen molar-refractivity contribution in [3.8, 4) is 0 Å². The second-order valence-electron chi connectivity index (χ2n) is 24.5. The van der Waals surface area contributed by atoms with E-state index in [1.54, 1.807) is 12.8 Å². The molecule has 4 bridgehead atoms. The van der Waals surface area contributed by atoms with Crippen LogP contribution >= 0.6 is 0 Å². The number of epoxide rings is 1. The predicted octanol–water partition coefficient (Wildman–Crippen LogP) is 16.1. The highest BCUT2D eigenvalue weighted by atomic mass is 16.6. The molecule has 0 aromatic rings. The fourth-order valence-corrected chi connectivity index (χ4v) is 16.8. The van der Waals surface area contributed by atoms with E-state index in [1.807, 2.05) is 0 Å². The van der Waals surface area contributed by atoms with Crippen LogP contribution in [0.2, 0.25) is 0 Å². The lowest BCUT2D eigenvalue weighted by atomic mass is 9.68. The lowest BCUT2D eigenvalue weighted by Crippen LogP contribution is -2.38. The maximum Gasteiger partial charge on any atom is 0.302 e. The van der Waals surface area contributed by atoms with Gasteiger partial charge in [-0.15, -0.1) is 0 Å². The van der Waals surface area contributed by atoms with Crippen LogP contribution in [0.5, 0.6) is 0 Å². The first-order valence-corrected chi connectivity index (χ1v) is 28.6. The van der Waals surface area contributed by atoms with Gasteiger partial charge in [-0.2, -0.15) is 0 Å². The number of aliphatic hydroxyl groups is 1. The summed E-state index contributed by atoms with van der Waals surface area (Å²) in [5.74, 6) is 17.1. The van der Waals surface area contributed by atoms with E-state index >= 15 is 0 Å². The maximum absolute atomic E-state index is 11.1. The van der Waals surface area contributed by atoms with Crippen molar-refractivity contribution < 1.29 is 19.4 Å². The summed E-state index contributed by atoms with van der Waals surface area (Å²) in [5, 5.41) is 9.94. The summed E-state index contributed by atoms with van der Waals surface area (Å²) in [6.07, 6.45) is 39.6. The summed E-state index contributed by atoms with van der Waals surface area (Å²) < 4.78 is 11.0. The highest BCUT2D eigenvalue weighted by Gasteiger charge is 2.68. The molecule has 9 rings (SSSR count). The molecule has 7 fully saturated rings. The number of esters is 1. The summed E-state index contributed by atoms with van der Waals surface area (Å²) in [6.45, 7) is 25.3. The van der Waals surface area contributed by atoms with Crippen LogP contribution in [0.25, 0.3) is 0 Å². The van der Waals surface area contributed by atoms with Crippen molar-refractivity contribution in [1.29, 1.82) is 0 Å². The van der Waals surface area contributed by atoms with Gasteiger partial charge in [-0.1, -0.05) is 158 Å². The van der Waals surface area contributed by atoms with Crippen LogP contribution in [0.15, 0.2) is 24.3 Å². The second-order valence-corrected chi connectivity index (χ2v) is 24.5. The van der Waals surface area contributed by atoms with Crippen molar-refractivity contribution in [2.45, 2.75) is 242 Å². The monoisotopic (exact) mass is 889 g/mol. The molecule has 368 valence electrons. The Balaban J connectivity index is 0.000000143. The van der Waals surface area contributed by atoms with E-state index in [4.69, 9.17) is 9.47 Å². The van der Waals surface area contributed by atoms with Gasteiger partial charge in [-0.3, -0.25) is 4.79 Å². The fourth-order valence-electron chi connectivity index (χ4n) is 16.8. The summed E-state index contributed by atoms with van der Waals surface area (Å²) >= 11 is 0. The van der Waals surface area contributed by atoms with E-state index in [1.165, 1.54) is 116 Å². The lowest BCUT2D eigenvalue weighted by Gasteiger charge is -2.37. The van der Waals surface area contributed by atoms with Gasteiger partial charge in [-0.25, -0.2) is 0 Å². The number of hydrogen-bond donors (Lipinski definition) is 1. The Hall–Kier alpha value is -1.13. The Morgan fingerprint density at radius 1 is 0.672 bits per heavy atom. The average molecular weight is 889 g/mol. The molecular weight excluding hydrogens is 785 g/mol. The van der Waals surface area contributed by atoms with Crippen LogP contribution in [0.4, 0.5) is 0 Å². The summed E-state index contributed by atoms with van der Waals surface area (Å²) in [5.41, 5.74) is 0. The summed E-state index contributed by atoms with van der Waals surface area (Å²) in [4.78, 5) is 11.1. The van der Waals surface area contributed by atoms with E-state index in [0.29, 0.717) is 17.9 Å². The predicted molar refractivity (Wildman–Crippen MR) is 270 cm³/mol. The normalized spacial score (nSPS) is 42.1. The molecule has 22 atom stereocenters. The molecule has 0 aromatic carbocycles. The van der Waals surface area contributed by atoms with Crippen molar-refractivity contribution in [3.05, 3.63) is 24.3 Å². The first-order chi connectivity index (χ1) is 30.8. The average Bonchev–Trinajstić information content (AvgIpc) is 3.87. The van der Waals surface area contributed by atoms with Crippen molar-refractivity contribution in [1.82, 2.24) is 0 Å². The molecule has 9 aliphatic rings. The largest absolute Gasteiger partial charge is 0.460 e. The number of ether oxygens (including phenoxy) is 2. The van der Waals surface area contributed by atoms with Gasteiger partial charge in [0.15, 0.2) is 0 Å². The maximum atomic E-state index is 11.1. The van der Waals surface area contributed by atoms with Gasteiger partial charge in [0.25, 0.3) is 0 Å². The van der Waals surface area contributed by atoms with Crippen molar-refractivity contribution in [2.24, 2.45) is 107 Å². The number of hydrogen-bond acceptors (Lipinski definition) is 4. The molecule has 0 aromatic heterocycles. The molecule has 6 saturated carbocycles. The molecule has 1 heterocycles. The first-order valence-electron chi connectivity index (χ1n) is 28.6. The van der Waals surface area contributed by atoms with Gasteiger partial charge in [0.05, 0.1) is 18.3 Å². The van der Waals surface area contributed by atoms with Crippen molar-refractivity contribution >= 4 is 5.97 Å². The molecule has 0 spiro atoms. The molecule has 64 heavy (non-hydrogen) atoms. The van der Waals surface area contributed by atoms with E-state index in [-0.39, 0.29) is 12.1 Å². The minimum absolute atomic E-state index is 0.279. The van der Waals surface area contributed by atoms with Crippen LogP contribution < -0.4 is 0 Å². The Morgan fingerprint density at radius 2 is 1.28 bits per heavy atom. The van der Waals surface area contributed by atoms with Crippen LogP contribution in [0, 0.1) is 107 Å². The fraction of sp³-hybridized carbons (Fsp3) is 0.917. The topological polar surface area (TPSA) is 59.1 Å². The summed E-state index contributed by atoms with van der Waals surface area (Å²) in [7, 11) is 0. The van der Waals surface area contributed by atoms with E-state index in [9.17, 15) is 9.90 Å². The van der Waals surface area contributed by atoms with Gasteiger partial charge in [0, 0.05) is 6.92 Å². The molecule has 0 radical (unpaired) electrons. The minimum atomic E-state index is -0.472. The van der Waals surface area contributed by atoms with Gasteiger partial charge < -0.3 is 14.6 Å². The van der Waals surface area contributed by atoms with E-state index in [2.05, 4.69) is 93.5 Å². The molecule has 4 heteroatoms. The molecule has 1 N–H and O–H groups in total. The minimum Gasteiger partial charge on any atom is -0.460 e. The Bertz CT molecular complexity index is 1440. The molecule has 0 amide bonds. The third-order valence-electron chi connectivity index (χ3n) is 20.2. The molecule has 1 aliphatic heterocycles. The van der Waals surface area contributed by atoms with Crippen LogP contribution in [0.3, 0.4) is 0 Å². The second kappa shape index (κ2) is 24.9. The molecule has 1 saturated heterocycles. The van der Waals surface area contributed by atoms with Crippen LogP contribution in [-0.2, 0) is 14.3 Å². The van der Waals surface area contributed by atoms with Crippen LogP contribution in [0.1, 0.15) is 217 Å². The molecular formula is C60H104O4. The zero-order valence-electron chi connectivity index (χ0n) is 43.7. The zero-order valence-corrected chi connectivity index (χ0v) is 43.7. The first kappa shape index (κ1) is 52.2. The smallest absolute Gasteiger partial charge is 0.302 e. The van der Waals surface area contributed by atoms with E-state index < -0.39 is 6.10 Å². The number of allylic oxidation sites excluding steroid dienone is 4. The number of carbonyl (C=O) groups is 1. The Kier molecular flexibility index (Phi) is 20.4. The third-order valence-corrected chi connectivity index (χ3v) is 20.2. The van der Waals surface area contributed by atoms with Gasteiger partial charge in [-0.05, 0) is 184 Å². The lowest BCUT2D eigenvalue weighted by molar-refractivity contribution is -0.157. The van der Waals surface area contributed by atoms with Crippen molar-refractivity contribution in [2.75, 3.05) is 0 Å². The van der Waals surface area contributed by atoms with Crippen molar-refractivity contribution in [3.63, 3.8) is 0 Å². The number of unbranched alkanes of at least 4 members (excludes halogenated alkanes) is 2. The zero-order chi connectivity index (χ0) is 46.1. The third kappa shape index (κ3) is 12.9. The molecule has 8 aliphatic carbocycles. The molecule has 4 nitrogen and oxygen atoms in total. The Morgan fingerprint density at radius 3 is 1.88 bits per heavy atom. The highest BCUT2D eigenvalue weighted by molar-refractivity contribution is 5.66. The summed E-state index contributed by atoms with van der Waals surface area (Å²) in [6, 6.07) is 0. The van der Waals surface area contributed by atoms with Crippen LogP contribution in [-0.4, -0.2) is 35.5 Å².